The van der Waals surface area contributed by atoms with Gasteiger partial charge in [-0.1, -0.05) is 0 Å². The lowest BCUT2D eigenvalue weighted by molar-refractivity contribution is 0.0435. The Morgan fingerprint density at radius 2 is 2.21 bits per heavy atom. The summed E-state index contributed by atoms with van der Waals surface area (Å²) in [6.45, 7) is 5.47. The Balaban J connectivity index is 0.00000288. The molecular weight excluding hydrogens is 505 g/mol. The highest BCUT2D eigenvalue weighted by molar-refractivity contribution is 14.0. The van der Waals surface area contributed by atoms with Crippen LogP contribution in [0.25, 0.3) is 0 Å². The highest BCUT2D eigenvalue weighted by Crippen LogP contribution is 2.23. The van der Waals surface area contributed by atoms with Crippen LogP contribution < -0.4 is 5.32 Å². The molecule has 0 aliphatic rings. The van der Waals surface area contributed by atoms with Crippen molar-refractivity contribution >= 4 is 57.2 Å². The summed E-state index contributed by atoms with van der Waals surface area (Å²) in [5, 5.41) is 13.8. The highest BCUT2D eigenvalue weighted by atomic mass is 127. The van der Waals surface area contributed by atoms with E-state index in [0.29, 0.717) is 5.76 Å². The van der Waals surface area contributed by atoms with Gasteiger partial charge in [0.05, 0.1) is 23.1 Å². The lowest BCUT2D eigenvalue weighted by Gasteiger charge is -2.24. The summed E-state index contributed by atoms with van der Waals surface area (Å²) in [4.78, 5) is 7.84. The van der Waals surface area contributed by atoms with Crippen LogP contribution in [0.4, 0.5) is 0 Å². The number of nitrogens with zero attached hydrogens (tertiary/aromatic N) is 2. The molecule has 0 fully saturated rings. The molecule has 2 aromatic heterocycles. The predicted molar refractivity (Wildman–Crippen MR) is 113 cm³/mol. The Morgan fingerprint density at radius 3 is 2.75 bits per heavy atom. The van der Waals surface area contributed by atoms with Crippen LogP contribution in [0.3, 0.4) is 0 Å². The molecule has 0 aromatic carbocycles. The van der Waals surface area contributed by atoms with Crippen molar-refractivity contribution in [2.24, 2.45) is 4.99 Å². The number of thiophene rings is 1. The van der Waals surface area contributed by atoms with Crippen LogP contribution in [0.15, 0.2) is 43.7 Å². The highest BCUT2D eigenvalue weighted by Gasteiger charge is 2.26. The number of hydrogen-bond donors (Lipinski definition) is 2. The van der Waals surface area contributed by atoms with Gasteiger partial charge in [-0.25, -0.2) is 4.99 Å². The second-order valence-electron chi connectivity index (χ2n) is 5.48. The summed E-state index contributed by atoms with van der Waals surface area (Å²) in [7, 11) is 1.98. The minimum atomic E-state index is -1.13. The maximum Gasteiger partial charge on any atom is 0.194 e. The van der Waals surface area contributed by atoms with Crippen molar-refractivity contribution in [1.29, 1.82) is 0 Å². The first kappa shape index (κ1) is 21.5. The average molecular weight is 528 g/mol. The quantitative estimate of drug-likeness (QED) is 0.338. The second kappa shape index (κ2) is 9.79. The number of rotatable bonds is 6. The van der Waals surface area contributed by atoms with Crippen LogP contribution in [0, 0.1) is 0 Å². The van der Waals surface area contributed by atoms with Gasteiger partial charge in [0.1, 0.15) is 11.4 Å². The number of furan rings is 1. The van der Waals surface area contributed by atoms with Crippen molar-refractivity contribution in [1.82, 2.24) is 10.2 Å². The van der Waals surface area contributed by atoms with E-state index in [1.807, 2.05) is 24.9 Å². The number of aliphatic imine (C=N–C) groups is 1. The maximum absolute atomic E-state index is 10.5. The zero-order chi connectivity index (χ0) is 16.9. The third kappa shape index (κ3) is 6.05. The molecule has 0 aliphatic carbocycles. The third-order valence-electron chi connectivity index (χ3n) is 3.31. The Labute approximate surface area is 172 Å². The molecule has 134 valence electrons. The van der Waals surface area contributed by atoms with Crippen LogP contribution in [0.5, 0.6) is 0 Å². The van der Waals surface area contributed by atoms with E-state index < -0.39 is 5.60 Å². The smallest absolute Gasteiger partial charge is 0.194 e. The van der Waals surface area contributed by atoms with Gasteiger partial charge in [0.15, 0.2) is 5.96 Å². The molecule has 2 rings (SSSR count). The van der Waals surface area contributed by atoms with Crippen molar-refractivity contribution in [3.05, 3.63) is 45.0 Å². The minimum Gasteiger partial charge on any atom is -0.466 e. The van der Waals surface area contributed by atoms with Crippen LogP contribution in [-0.4, -0.2) is 36.1 Å². The molecule has 0 spiro atoms. The summed E-state index contributed by atoms with van der Waals surface area (Å²) >= 11 is 5.18. The zero-order valence-corrected chi connectivity index (χ0v) is 18.7. The van der Waals surface area contributed by atoms with Gasteiger partial charge in [0.25, 0.3) is 0 Å². The van der Waals surface area contributed by atoms with Gasteiger partial charge in [-0.15, -0.1) is 35.3 Å². The van der Waals surface area contributed by atoms with Crippen LogP contribution in [0.2, 0.25) is 0 Å². The van der Waals surface area contributed by atoms with Gasteiger partial charge in [-0.2, -0.15) is 0 Å². The lowest BCUT2D eigenvalue weighted by atomic mass is 10.0. The van der Waals surface area contributed by atoms with E-state index in [1.54, 1.807) is 36.7 Å². The first-order valence-electron chi connectivity index (χ1n) is 7.42. The summed E-state index contributed by atoms with van der Waals surface area (Å²) in [5.74, 6) is 1.27. The number of halogens is 2. The Kier molecular flexibility index (Phi) is 8.75. The van der Waals surface area contributed by atoms with Crippen molar-refractivity contribution in [3.8, 4) is 0 Å². The molecule has 0 bridgehead atoms. The van der Waals surface area contributed by atoms with E-state index >= 15 is 0 Å². The first-order chi connectivity index (χ1) is 10.9. The molecule has 0 saturated heterocycles. The molecule has 24 heavy (non-hydrogen) atoms. The lowest BCUT2D eigenvalue weighted by Crippen LogP contribution is -2.39. The zero-order valence-electron chi connectivity index (χ0n) is 14.0. The van der Waals surface area contributed by atoms with Gasteiger partial charge in [0, 0.05) is 18.5 Å². The molecule has 8 heteroatoms. The van der Waals surface area contributed by atoms with Crippen molar-refractivity contribution < 1.29 is 9.52 Å². The van der Waals surface area contributed by atoms with E-state index in [4.69, 9.17) is 4.42 Å². The predicted octanol–water partition coefficient (Wildman–Crippen LogP) is 4.03. The molecule has 1 unspecified atom stereocenters. The summed E-state index contributed by atoms with van der Waals surface area (Å²) < 4.78 is 6.41. The Morgan fingerprint density at radius 1 is 1.46 bits per heavy atom. The van der Waals surface area contributed by atoms with Gasteiger partial charge >= 0.3 is 0 Å². The van der Waals surface area contributed by atoms with E-state index in [2.05, 4.69) is 32.3 Å². The van der Waals surface area contributed by atoms with Gasteiger partial charge in [-0.3, -0.25) is 0 Å². The van der Waals surface area contributed by atoms with E-state index in [1.165, 1.54) is 4.88 Å². The number of guanidine groups is 1. The number of aliphatic hydroxyl groups is 1. The molecule has 2 N–H and O–H groups in total. The summed E-state index contributed by atoms with van der Waals surface area (Å²) in [6.07, 6.45) is 1.56. The Hall–Kier alpha value is -0.580. The Bertz CT molecular complexity index is 644. The van der Waals surface area contributed by atoms with Crippen molar-refractivity contribution in [2.45, 2.75) is 26.0 Å². The van der Waals surface area contributed by atoms with Crippen LogP contribution in [0.1, 0.15) is 24.5 Å². The second-order valence-corrected chi connectivity index (χ2v) is 8.03. The molecule has 0 saturated carbocycles. The normalized spacial score (nSPS) is 14.0. The van der Waals surface area contributed by atoms with Crippen LogP contribution in [-0.2, 0) is 12.1 Å². The summed E-state index contributed by atoms with van der Waals surface area (Å²) in [5.41, 5.74) is -1.13. The van der Waals surface area contributed by atoms with E-state index in [-0.39, 0.29) is 30.5 Å². The van der Waals surface area contributed by atoms with E-state index in [9.17, 15) is 5.11 Å². The molecule has 0 aliphatic heterocycles. The van der Waals surface area contributed by atoms with Gasteiger partial charge in [-0.05, 0) is 54.0 Å². The minimum absolute atomic E-state index is 0. The SMILES string of the molecule is CCNC(=NCC(C)(O)c1ccco1)N(C)Cc1ccc(Br)s1.I. The number of nitrogens with one attached hydrogen (secondary N) is 1. The van der Waals surface area contributed by atoms with Gasteiger partial charge in [0.2, 0.25) is 0 Å². The number of hydrogen-bond acceptors (Lipinski definition) is 4. The fraction of sp³-hybridized carbons (Fsp3) is 0.438. The molecule has 0 amide bonds. The third-order valence-corrected chi connectivity index (χ3v) is 4.92. The van der Waals surface area contributed by atoms with Crippen molar-refractivity contribution in [3.63, 3.8) is 0 Å². The molecular formula is C16H23BrIN3O2S. The van der Waals surface area contributed by atoms with Crippen LogP contribution >= 0.6 is 51.2 Å². The fourth-order valence-corrected chi connectivity index (χ4v) is 3.64. The molecule has 0 radical (unpaired) electrons. The van der Waals surface area contributed by atoms with Gasteiger partial charge < -0.3 is 19.7 Å². The molecule has 2 aromatic rings. The molecule has 2 heterocycles. The average Bonchev–Trinajstić information content (AvgIpc) is 3.15. The fourth-order valence-electron chi connectivity index (χ4n) is 2.11. The van der Waals surface area contributed by atoms with Crippen molar-refractivity contribution in [2.75, 3.05) is 20.1 Å². The molecule has 1 atom stereocenters. The topological polar surface area (TPSA) is 61.0 Å². The largest absolute Gasteiger partial charge is 0.466 e. The first-order valence-corrected chi connectivity index (χ1v) is 9.03. The summed E-state index contributed by atoms with van der Waals surface area (Å²) in [6, 6.07) is 7.66. The maximum atomic E-state index is 10.5. The molecule has 5 nitrogen and oxygen atoms in total. The monoisotopic (exact) mass is 527 g/mol. The van der Waals surface area contributed by atoms with E-state index in [0.717, 1.165) is 22.8 Å². The standard InChI is InChI=1S/C16H22BrN3O2S.HI/c1-4-18-15(20(3)10-12-7-8-14(17)23-12)19-11-16(2,21)13-6-5-9-22-13;/h5-9,21H,4,10-11H2,1-3H3,(H,18,19);1H.